The maximum Gasteiger partial charge on any atom is 0.264 e. The first-order valence-corrected chi connectivity index (χ1v) is 13.8. The fraction of sp³-hybridized carbons (Fsp3) is 0.345. The molecule has 0 aromatic heterocycles. The lowest BCUT2D eigenvalue weighted by Crippen LogP contribution is -2.42. The molecular formula is C29H34N2O3S. The Kier molecular flexibility index (Phi) is 7.60. The van der Waals surface area contributed by atoms with E-state index in [-0.39, 0.29) is 23.4 Å². The fourth-order valence-electron chi connectivity index (χ4n) is 4.89. The van der Waals surface area contributed by atoms with Crippen LogP contribution < -0.4 is 9.62 Å². The van der Waals surface area contributed by atoms with Crippen LogP contribution in [0.1, 0.15) is 60.0 Å². The molecule has 1 N–H and O–H groups in total. The van der Waals surface area contributed by atoms with Gasteiger partial charge in [-0.15, -0.1) is 0 Å². The Morgan fingerprint density at radius 1 is 0.914 bits per heavy atom. The second-order valence-corrected chi connectivity index (χ2v) is 11.3. The second-order valence-electron chi connectivity index (χ2n) is 9.43. The minimum Gasteiger partial charge on any atom is -0.348 e. The van der Waals surface area contributed by atoms with E-state index in [4.69, 9.17) is 0 Å². The van der Waals surface area contributed by atoms with Crippen LogP contribution in [0.4, 0.5) is 5.69 Å². The molecule has 184 valence electrons. The zero-order chi connectivity index (χ0) is 25.0. The van der Waals surface area contributed by atoms with E-state index >= 15 is 0 Å². The minimum atomic E-state index is -3.93. The summed E-state index contributed by atoms with van der Waals surface area (Å²) in [6, 6.07) is 20.2. The van der Waals surface area contributed by atoms with E-state index < -0.39 is 10.0 Å². The van der Waals surface area contributed by atoms with Crippen LogP contribution in [0.25, 0.3) is 0 Å². The first-order chi connectivity index (χ1) is 16.8. The molecule has 3 aromatic rings. The van der Waals surface area contributed by atoms with Gasteiger partial charge in [0.25, 0.3) is 10.0 Å². The van der Waals surface area contributed by atoms with Gasteiger partial charge in [-0.25, -0.2) is 8.42 Å². The van der Waals surface area contributed by atoms with Crippen molar-refractivity contribution < 1.29 is 13.2 Å². The third-order valence-electron chi connectivity index (χ3n) is 6.63. The van der Waals surface area contributed by atoms with Crippen molar-refractivity contribution in [3.05, 3.63) is 94.5 Å². The molecule has 0 saturated carbocycles. The van der Waals surface area contributed by atoms with Crippen LogP contribution in [-0.2, 0) is 27.7 Å². The van der Waals surface area contributed by atoms with Crippen molar-refractivity contribution in [1.29, 1.82) is 0 Å². The van der Waals surface area contributed by atoms with Gasteiger partial charge in [-0.2, -0.15) is 0 Å². The molecule has 1 aliphatic carbocycles. The summed E-state index contributed by atoms with van der Waals surface area (Å²) in [5, 5.41) is 3.10. The highest BCUT2D eigenvalue weighted by Gasteiger charge is 2.28. The number of anilines is 1. The number of nitrogens with zero attached hydrogens (tertiary/aromatic N) is 1. The molecule has 0 unspecified atom stereocenters. The normalized spacial score (nSPS) is 14.1. The fourth-order valence-corrected chi connectivity index (χ4v) is 6.32. The second kappa shape index (κ2) is 10.6. The Balaban J connectivity index is 1.61. The molecule has 0 radical (unpaired) electrons. The van der Waals surface area contributed by atoms with Gasteiger partial charge in [0.2, 0.25) is 5.91 Å². The van der Waals surface area contributed by atoms with E-state index in [1.807, 2.05) is 39.0 Å². The average Bonchev–Trinajstić information content (AvgIpc) is 2.85. The van der Waals surface area contributed by atoms with E-state index in [0.717, 1.165) is 36.0 Å². The molecule has 6 heteroatoms. The number of aryl methyl sites for hydroxylation is 4. The van der Waals surface area contributed by atoms with Crippen LogP contribution in [0.2, 0.25) is 0 Å². The summed E-state index contributed by atoms with van der Waals surface area (Å²) >= 11 is 0. The number of carbonyl (C=O) groups is 1. The third kappa shape index (κ3) is 5.76. The van der Waals surface area contributed by atoms with Gasteiger partial charge in [-0.3, -0.25) is 9.10 Å². The van der Waals surface area contributed by atoms with Gasteiger partial charge in [0.15, 0.2) is 0 Å². The average molecular weight is 491 g/mol. The number of nitrogens with one attached hydrogen (secondary N) is 1. The molecule has 3 aromatic carbocycles. The van der Waals surface area contributed by atoms with E-state index in [1.54, 1.807) is 30.3 Å². The third-order valence-corrected chi connectivity index (χ3v) is 8.42. The molecule has 1 atom stereocenters. The van der Waals surface area contributed by atoms with Gasteiger partial charge in [0.05, 0.1) is 16.6 Å². The molecule has 35 heavy (non-hydrogen) atoms. The van der Waals surface area contributed by atoms with Gasteiger partial charge < -0.3 is 5.32 Å². The first kappa shape index (κ1) is 25.0. The lowest BCUT2D eigenvalue weighted by molar-refractivity contribution is -0.120. The van der Waals surface area contributed by atoms with Crippen LogP contribution in [-0.4, -0.2) is 20.9 Å². The SMILES string of the molecule is CC[C@@H](NC(=O)CN(c1cc(C)cc(C)c1)S(=O)(=O)c1ccccc1)c1ccc2c(c1)CCCC2. The Morgan fingerprint density at radius 2 is 1.57 bits per heavy atom. The standard InChI is InChI=1S/C29H34N2O3S/c1-4-28(25-15-14-23-10-8-9-11-24(23)19-25)30-29(32)20-31(26-17-21(2)16-22(3)18-26)35(33,34)27-12-6-5-7-13-27/h5-7,12-19,28H,4,8-11,20H2,1-3H3,(H,30,32)/t28-/m1/s1. The summed E-state index contributed by atoms with van der Waals surface area (Å²) in [6.45, 7) is 5.59. The summed E-state index contributed by atoms with van der Waals surface area (Å²) in [6.07, 6.45) is 5.33. The number of hydrogen-bond acceptors (Lipinski definition) is 3. The first-order valence-electron chi connectivity index (χ1n) is 12.3. The van der Waals surface area contributed by atoms with Gasteiger partial charge in [-0.05, 0) is 98.0 Å². The van der Waals surface area contributed by atoms with Crippen molar-refractivity contribution in [1.82, 2.24) is 5.32 Å². The van der Waals surface area contributed by atoms with Crippen molar-refractivity contribution in [2.45, 2.75) is 63.8 Å². The summed E-state index contributed by atoms with van der Waals surface area (Å²) in [5.74, 6) is -0.326. The monoisotopic (exact) mass is 490 g/mol. The molecule has 0 aliphatic heterocycles. The minimum absolute atomic E-state index is 0.161. The zero-order valence-corrected chi connectivity index (χ0v) is 21.6. The Hall–Kier alpha value is -3.12. The Bertz CT molecular complexity index is 1280. The quantitative estimate of drug-likeness (QED) is 0.444. The van der Waals surface area contributed by atoms with Crippen molar-refractivity contribution in [2.24, 2.45) is 0 Å². The van der Waals surface area contributed by atoms with Gasteiger partial charge >= 0.3 is 0 Å². The predicted molar refractivity (Wildman–Crippen MR) is 141 cm³/mol. The molecule has 5 nitrogen and oxygen atoms in total. The number of rotatable bonds is 8. The van der Waals surface area contributed by atoms with E-state index in [9.17, 15) is 13.2 Å². The molecule has 0 bridgehead atoms. The van der Waals surface area contributed by atoms with E-state index in [0.29, 0.717) is 5.69 Å². The van der Waals surface area contributed by atoms with Crippen molar-refractivity contribution in [3.8, 4) is 0 Å². The van der Waals surface area contributed by atoms with Crippen LogP contribution in [0, 0.1) is 13.8 Å². The lowest BCUT2D eigenvalue weighted by atomic mass is 9.89. The smallest absolute Gasteiger partial charge is 0.264 e. The van der Waals surface area contributed by atoms with E-state index in [1.165, 1.54) is 28.3 Å². The molecule has 0 fully saturated rings. The van der Waals surface area contributed by atoms with Crippen LogP contribution in [0.5, 0.6) is 0 Å². The topological polar surface area (TPSA) is 66.5 Å². The number of benzene rings is 3. The molecule has 0 heterocycles. The molecule has 0 spiro atoms. The largest absolute Gasteiger partial charge is 0.348 e. The van der Waals surface area contributed by atoms with Gasteiger partial charge in [0.1, 0.15) is 6.54 Å². The Morgan fingerprint density at radius 3 is 2.23 bits per heavy atom. The van der Waals surface area contributed by atoms with E-state index in [2.05, 4.69) is 23.5 Å². The van der Waals surface area contributed by atoms with Crippen LogP contribution in [0.15, 0.2) is 71.6 Å². The number of sulfonamides is 1. The van der Waals surface area contributed by atoms with Crippen LogP contribution in [0.3, 0.4) is 0 Å². The number of carbonyl (C=O) groups excluding carboxylic acids is 1. The molecule has 0 saturated heterocycles. The lowest BCUT2D eigenvalue weighted by Gasteiger charge is -2.27. The molecule has 1 aliphatic rings. The molecule has 1 amide bonds. The summed E-state index contributed by atoms with van der Waals surface area (Å²) < 4.78 is 28.5. The van der Waals surface area contributed by atoms with Crippen LogP contribution >= 0.6 is 0 Å². The maximum atomic E-state index is 13.6. The van der Waals surface area contributed by atoms with Gasteiger partial charge in [-0.1, -0.05) is 49.4 Å². The summed E-state index contributed by atoms with van der Waals surface area (Å²) in [7, 11) is -3.93. The number of fused-ring (bicyclic) bond motifs is 1. The summed E-state index contributed by atoms with van der Waals surface area (Å²) in [4.78, 5) is 13.4. The highest BCUT2D eigenvalue weighted by molar-refractivity contribution is 7.92. The zero-order valence-electron chi connectivity index (χ0n) is 20.8. The Labute approximate surface area is 209 Å². The van der Waals surface area contributed by atoms with Crippen molar-refractivity contribution in [2.75, 3.05) is 10.8 Å². The molecule has 4 rings (SSSR count). The van der Waals surface area contributed by atoms with Crippen molar-refractivity contribution in [3.63, 3.8) is 0 Å². The number of hydrogen-bond donors (Lipinski definition) is 1. The highest BCUT2D eigenvalue weighted by Crippen LogP contribution is 2.28. The molecular weight excluding hydrogens is 456 g/mol. The maximum absolute atomic E-state index is 13.6. The highest BCUT2D eigenvalue weighted by atomic mass is 32.2. The number of amides is 1. The van der Waals surface area contributed by atoms with Gasteiger partial charge in [0, 0.05) is 0 Å². The van der Waals surface area contributed by atoms with Crippen molar-refractivity contribution >= 4 is 21.6 Å². The summed E-state index contributed by atoms with van der Waals surface area (Å²) in [5.41, 5.74) is 6.21. The predicted octanol–water partition coefficient (Wildman–Crippen LogP) is 5.65.